The molecule has 136 valence electrons. The number of amides is 1. The van der Waals surface area contributed by atoms with Gasteiger partial charge in [-0.2, -0.15) is 0 Å². The van der Waals surface area contributed by atoms with Crippen LogP contribution in [0.5, 0.6) is 0 Å². The average molecular weight is 465 g/mol. The third-order valence-electron chi connectivity index (χ3n) is 3.01. The van der Waals surface area contributed by atoms with E-state index in [1.807, 2.05) is 13.1 Å². The fourth-order valence-electron chi connectivity index (χ4n) is 1.61. The summed E-state index contributed by atoms with van der Waals surface area (Å²) < 4.78 is 0. The minimum Gasteiger partial charge on any atom is -0.356 e. The number of halogens is 1. The van der Waals surface area contributed by atoms with E-state index in [0.29, 0.717) is 12.5 Å². The molecule has 0 spiro atoms. The summed E-state index contributed by atoms with van der Waals surface area (Å²) in [6, 6.07) is 0. The summed E-state index contributed by atoms with van der Waals surface area (Å²) in [6.07, 6.45) is 3.79. The average Bonchev–Trinajstić information content (AvgIpc) is 2.96. The molecule has 0 aliphatic carbocycles. The zero-order chi connectivity index (χ0) is 17.2. The summed E-state index contributed by atoms with van der Waals surface area (Å²) >= 11 is 1.74. The number of likely N-dealkylation sites (N-methyl/N-ethyl adjacent to an activating group) is 1. The second kappa shape index (κ2) is 12.2. The van der Waals surface area contributed by atoms with Crippen LogP contribution in [0.1, 0.15) is 23.7 Å². The van der Waals surface area contributed by atoms with Crippen LogP contribution < -0.4 is 10.6 Å². The van der Waals surface area contributed by atoms with Crippen LogP contribution >= 0.6 is 35.3 Å². The number of carbonyl (C=O) groups is 1. The highest BCUT2D eigenvalue weighted by molar-refractivity contribution is 14.0. The highest BCUT2D eigenvalue weighted by Crippen LogP contribution is 2.13. The van der Waals surface area contributed by atoms with Crippen LogP contribution in [-0.4, -0.2) is 55.5 Å². The Morgan fingerprint density at radius 1 is 1.42 bits per heavy atom. The van der Waals surface area contributed by atoms with Crippen molar-refractivity contribution in [3.05, 3.63) is 28.2 Å². The second-order valence-corrected chi connectivity index (χ2v) is 6.71. The number of hydrogen-bond donors (Lipinski definition) is 2. The SMILES string of the molecule is C=C(C)CNC(=NCC(=O)N(C)C)NCCc1ncc(CC)s1.I. The minimum atomic E-state index is -0.0334. The molecule has 0 radical (unpaired) electrons. The zero-order valence-corrected chi connectivity index (χ0v) is 18.0. The Kier molecular flexibility index (Phi) is 11.6. The van der Waals surface area contributed by atoms with E-state index in [0.717, 1.165) is 30.0 Å². The van der Waals surface area contributed by atoms with Crippen molar-refractivity contribution in [3.63, 3.8) is 0 Å². The largest absolute Gasteiger partial charge is 0.356 e. The third-order valence-corrected chi connectivity index (χ3v) is 4.21. The first kappa shape index (κ1) is 22.8. The molecule has 1 aromatic heterocycles. The van der Waals surface area contributed by atoms with Gasteiger partial charge in [-0.1, -0.05) is 19.1 Å². The van der Waals surface area contributed by atoms with Crippen LogP contribution in [0.2, 0.25) is 0 Å². The quantitative estimate of drug-likeness (QED) is 0.267. The van der Waals surface area contributed by atoms with Crippen molar-refractivity contribution in [3.8, 4) is 0 Å². The molecule has 0 bridgehead atoms. The lowest BCUT2D eigenvalue weighted by Gasteiger charge is -2.13. The monoisotopic (exact) mass is 465 g/mol. The van der Waals surface area contributed by atoms with Crippen LogP contribution in [0.3, 0.4) is 0 Å². The maximum absolute atomic E-state index is 11.7. The lowest BCUT2D eigenvalue weighted by Crippen LogP contribution is -2.40. The van der Waals surface area contributed by atoms with Gasteiger partial charge in [0.05, 0.1) is 5.01 Å². The number of guanidine groups is 1. The van der Waals surface area contributed by atoms with Crippen molar-refractivity contribution in [1.82, 2.24) is 20.5 Å². The first-order valence-electron chi connectivity index (χ1n) is 7.72. The lowest BCUT2D eigenvalue weighted by molar-refractivity contribution is -0.127. The predicted molar refractivity (Wildman–Crippen MR) is 112 cm³/mol. The van der Waals surface area contributed by atoms with E-state index in [4.69, 9.17) is 0 Å². The van der Waals surface area contributed by atoms with Crippen molar-refractivity contribution in [2.45, 2.75) is 26.7 Å². The zero-order valence-electron chi connectivity index (χ0n) is 14.9. The van der Waals surface area contributed by atoms with E-state index in [1.54, 1.807) is 25.4 Å². The van der Waals surface area contributed by atoms with Crippen LogP contribution in [-0.2, 0) is 17.6 Å². The molecule has 1 amide bonds. The molecule has 0 aliphatic heterocycles. The molecule has 0 saturated heterocycles. The fraction of sp³-hybridized carbons (Fsp3) is 0.562. The molecule has 1 heterocycles. The standard InChI is InChI=1S/C16H27N5OS.HI/c1-6-13-10-18-14(23-13)7-8-17-16(19-9-12(2)3)20-11-15(22)21(4)5;/h10H,2,6-9,11H2,1,3-5H3,(H2,17,19,20);1H. The van der Waals surface area contributed by atoms with Crippen molar-refractivity contribution >= 4 is 47.2 Å². The minimum absolute atomic E-state index is 0. The molecule has 0 saturated carbocycles. The number of nitrogens with one attached hydrogen (secondary N) is 2. The van der Waals surface area contributed by atoms with E-state index in [1.165, 1.54) is 9.78 Å². The van der Waals surface area contributed by atoms with Crippen molar-refractivity contribution in [2.75, 3.05) is 33.7 Å². The molecule has 24 heavy (non-hydrogen) atoms. The Balaban J connectivity index is 0.00000529. The summed E-state index contributed by atoms with van der Waals surface area (Å²) in [5, 5.41) is 7.52. The summed E-state index contributed by atoms with van der Waals surface area (Å²) in [5.41, 5.74) is 1.01. The summed E-state index contributed by atoms with van der Waals surface area (Å²) in [7, 11) is 3.44. The van der Waals surface area contributed by atoms with Gasteiger partial charge in [0.15, 0.2) is 5.96 Å². The maximum Gasteiger partial charge on any atom is 0.243 e. The molecule has 2 N–H and O–H groups in total. The first-order chi connectivity index (χ1) is 10.9. The molecule has 0 aromatic carbocycles. The lowest BCUT2D eigenvalue weighted by atomic mass is 10.3. The van der Waals surface area contributed by atoms with Crippen LogP contribution in [0.4, 0.5) is 0 Å². The Labute approximate surface area is 165 Å². The van der Waals surface area contributed by atoms with E-state index in [9.17, 15) is 4.79 Å². The molecule has 1 aromatic rings. The Bertz CT molecular complexity index is 556. The van der Waals surface area contributed by atoms with Crippen LogP contribution in [0, 0.1) is 0 Å². The Morgan fingerprint density at radius 2 is 2.12 bits per heavy atom. The highest BCUT2D eigenvalue weighted by atomic mass is 127. The third kappa shape index (κ3) is 9.21. The van der Waals surface area contributed by atoms with E-state index >= 15 is 0 Å². The number of aliphatic imine (C=N–C) groups is 1. The molecule has 6 nitrogen and oxygen atoms in total. The van der Waals surface area contributed by atoms with Crippen molar-refractivity contribution in [2.24, 2.45) is 4.99 Å². The number of hydrogen-bond acceptors (Lipinski definition) is 4. The molecule has 0 aliphatic rings. The van der Waals surface area contributed by atoms with Gasteiger partial charge in [0, 0.05) is 44.7 Å². The van der Waals surface area contributed by atoms with Gasteiger partial charge >= 0.3 is 0 Å². The number of carbonyl (C=O) groups excluding carboxylic acids is 1. The van der Waals surface area contributed by atoms with Crippen LogP contribution in [0.15, 0.2) is 23.3 Å². The molecular weight excluding hydrogens is 437 g/mol. The smallest absolute Gasteiger partial charge is 0.243 e. The van der Waals surface area contributed by atoms with Crippen molar-refractivity contribution < 1.29 is 4.79 Å². The maximum atomic E-state index is 11.7. The molecule has 0 atom stereocenters. The van der Waals surface area contributed by atoms with Gasteiger partial charge in [0.25, 0.3) is 0 Å². The van der Waals surface area contributed by atoms with Gasteiger partial charge < -0.3 is 15.5 Å². The van der Waals surface area contributed by atoms with Gasteiger partial charge in [-0.15, -0.1) is 35.3 Å². The number of nitrogens with zero attached hydrogens (tertiary/aromatic N) is 3. The van der Waals surface area contributed by atoms with E-state index in [2.05, 4.69) is 34.1 Å². The Morgan fingerprint density at radius 3 is 2.67 bits per heavy atom. The fourth-order valence-corrected chi connectivity index (χ4v) is 2.47. The van der Waals surface area contributed by atoms with E-state index in [-0.39, 0.29) is 36.4 Å². The second-order valence-electron chi connectivity index (χ2n) is 5.51. The van der Waals surface area contributed by atoms with Crippen LogP contribution in [0.25, 0.3) is 0 Å². The number of thiazole rings is 1. The molecule has 1 rings (SSSR count). The summed E-state index contributed by atoms with van der Waals surface area (Å²) in [5.74, 6) is 0.587. The number of aromatic nitrogens is 1. The topological polar surface area (TPSA) is 69.6 Å². The van der Waals surface area contributed by atoms with Gasteiger partial charge in [-0.25, -0.2) is 9.98 Å². The van der Waals surface area contributed by atoms with Gasteiger partial charge in [-0.3, -0.25) is 4.79 Å². The summed E-state index contributed by atoms with van der Waals surface area (Å²) in [6.45, 7) is 9.39. The Hall–Kier alpha value is -1.16. The van der Waals surface area contributed by atoms with Crippen molar-refractivity contribution in [1.29, 1.82) is 0 Å². The molecule has 0 unspecified atom stereocenters. The number of rotatable bonds is 8. The van der Waals surface area contributed by atoms with Gasteiger partial charge in [-0.05, 0) is 13.3 Å². The number of aryl methyl sites for hydroxylation is 1. The predicted octanol–water partition coefficient (Wildman–Crippen LogP) is 2.07. The van der Waals surface area contributed by atoms with Gasteiger partial charge in [0.2, 0.25) is 5.91 Å². The first-order valence-corrected chi connectivity index (χ1v) is 8.54. The molecule has 0 fully saturated rings. The molecular formula is C16H28IN5OS. The highest BCUT2D eigenvalue weighted by Gasteiger charge is 2.05. The normalized spacial score (nSPS) is 10.8. The summed E-state index contributed by atoms with van der Waals surface area (Å²) in [4.78, 5) is 23.2. The van der Waals surface area contributed by atoms with E-state index < -0.39 is 0 Å². The molecule has 8 heteroatoms. The van der Waals surface area contributed by atoms with Gasteiger partial charge in [0.1, 0.15) is 6.54 Å².